The molecule has 172 valence electrons. The maximum atomic E-state index is 13.3. The summed E-state index contributed by atoms with van der Waals surface area (Å²) in [4.78, 5) is 30.5. The summed E-state index contributed by atoms with van der Waals surface area (Å²) >= 11 is 0. The van der Waals surface area contributed by atoms with Gasteiger partial charge in [0.15, 0.2) is 0 Å². The van der Waals surface area contributed by atoms with Gasteiger partial charge in [-0.15, -0.1) is 0 Å². The van der Waals surface area contributed by atoms with Crippen LogP contribution in [0.25, 0.3) is 0 Å². The number of carbonyl (C=O) groups is 1. The largest absolute Gasteiger partial charge is 0.368 e. The molecular weight excluding hydrogens is 414 g/mol. The van der Waals surface area contributed by atoms with Gasteiger partial charge in [-0.3, -0.25) is 9.78 Å². The number of aromatic nitrogens is 3. The van der Waals surface area contributed by atoms with Gasteiger partial charge in [0, 0.05) is 32.0 Å². The monoisotopic (exact) mass is 445 g/mol. The lowest BCUT2D eigenvalue weighted by Crippen LogP contribution is -2.43. The molecule has 1 saturated heterocycles. The fourth-order valence-electron chi connectivity index (χ4n) is 4.10. The third kappa shape index (κ3) is 5.37. The van der Waals surface area contributed by atoms with E-state index in [2.05, 4.69) is 53.3 Å². The number of rotatable bonds is 5. The number of pyridine rings is 1. The van der Waals surface area contributed by atoms with Gasteiger partial charge in [0.05, 0.1) is 18.8 Å². The lowest BCUT2D eigenvalue weighted by atomic mass is 9.99. The second-order valence-electron chi connectivity index (χ2n) is 8.84. The third-order valence-electron chi connectivity index (χ3n) is 5.83. The molecule has 1 aliphatic heterocycles. The minimum absolute atomic E-state index is 0.107. The highest BCUT2D eigenvalue weighted by Gasteiger charge is 2.28. The molecule has 1 unspecified atom stereocenters. The van der Waals surface area contributed by atoms with Crippen LogP contribution in [0.2, 0.25) is 0 Å². The maximum Gasteiger partial charge on any atom is 0.272 e. The molecule has 3 heterocycles. The molecule has 0 aliphatic carbocycles. The van der Waals surface area contributed by atoms with Gasteiger partial charge in [-0.25, -0.2) is 9.97 Å². The number of ether oxygens (including phenoxy) is 1. The van der Waals surface area contributed by atoms with Crippen LogP contribution in [0.4, 0.5) is 5.95 Å². The molecule has 0 radical (unpaired) electrons. The molecule has 33 heavy (non-hydrogen) atoms. The van der Waals surface area contributed by atoms with Crippen molar-refractivity contribution in [1.29, 1.82) is 0 Å². The quantitative estimate of drug-likeness (QED) is 0.597. The molecule has 7 heteroatoms. The standard InChI is InChI=1S/C26H31N5O2/c1-17-8-6-7-9-21(17)14-20-12-18(2)27-22(15-20)24-16-31(10-11-33-24)25(32)23-13-19(3)28-26(29-23)30(4)5/h6-9,12-13,15,24H,10-11,14,16H2,1-5H3. The Labute approximate surface area is 195 Å². The number of carbonyl (C=O) groups excluding carboxylic acids is 1. The maximum absolute atomic E-state index is 13.3. The summed E-state index contributed by atoms with van der Waals surface area (Å²) < 4.78 is 6.05. The number of hydrogen-bond acceptors (Lipinski definition) is 6. The average Bonchev–Trinajstić information content (AvgIpc) is 2.79. The van der Waals surface area contributed by atoms with E-state index in [-0.39, 0.29) is 12.0 Å². The number of hydrogen-bond donors (Lipinski definition) is 0. The van der Waals surface area contributed by atoms with Crippen LogP contribution in [-0.4, -0.2) is 59.6 Å². The van der Waals surface area contributed by atoms with Crippen LogP contribution < -0.4 is 4.90 Å². The molecule has 3 aromatic rings. The van der Waals surface area contributed by atoms with Crippen LogP contribution in [0, 0.1) is 20.8 Å². The van der Waals surface area contributed by atoms with E-state index in [1.54, 1.807) is 15.9 Å². The van der Waals surface area contributed by atoms with E-state index >= 15 is 0 Å². The lowest BCUT2D eigenvalue weighted by Gasteiger charge is -2.33. The summed E-state index contributed by atoms with van der Waals surface area (Å²) in [6.45, 7) is 7.44. The number of nitrogens with zero attached hydrogens (tertiary/aromatic N) is 5. The summed E-state index contributed by atoms with van der Waals surface area (Å²) in [7, 11) is 3.73. The molecule has 2 aromatic heterocycles. The first-order chi connectivity index (χ1) is 15.8. The van der Waals surface area contributed by atoms with E-state index in [1.807, 2.05) is 27.9 Å². The van der Waals surface area contributed by atoms with Gasteiger partial charge in [0.2, 0.25) is 5.95 Å². The average molecular weight is 446 g/mol. The Morgan fingerprint density at radius 1 is 1.06 bits per heavy atom. The molecule has 1 amide bonds. The first-order valence-electron chi connectivity index (χ1n) is 11.3. The van der Waals surface area contributed by atoms with Crippen molar-refractivity contribution in [2.75, 3.05) is 38.7 Å². The predicted octanol–water partition coefficient (Wildman–Crippen LogP) is 3.67. The number of benzene rings is 1. The molecule has 1 atom stereocenters. The second kappa shape index (κ2) is 9.67. The van der Waals surface area contributed by atoms with Gasteiger partial charge >= 0.3 is 0 Å². The SMILES string of the molecule is Cc1cc(Cc2ccccc2C)cc(C2CN(C(=O)c3cc(C)nc(N(C)C)n3)CCO2)n1. The Bertz CT molecular complexity index is 1160. The molecule has 1 fully saturated rings. The van der Waals surface area contributed by atoms with Crippen LogP contribution in [0.3, 0.4) is 0 Å². The van der Waals surface area contributed by atoms with E-state index in [0.717, 1.165) is 23.5 Å². The van der Waals surface area contributed by atoms with E-state index in [9.17, 15) is 4.79 Å². The number of anilines is 1. The third-order valence-corrected chi connectivity index (χ3v) is 5.83. The molecule has 1 aliphatic rings. The second-order valence-corrected chi connectivity index (χ2v) is 8.84. The Morgan fingerprint density at radius 2 is 1.82 bits per heavy atom. The highest BCUT2D eigenvalue weighted by Crippen LogP contribution is 2.25. The zero-order valence-corrected chi connectivity index (χ0v) is 20.0. The number of aryl methyl sites for hydroxylation is 3. The molecule has 0 N–H and O–H groups in total. The van der Waals surface area contributed by atoms with Gasteiger partial charge in [-0.05, 0) is 62.1 Å². The van der Waals surface area contributed by atoms with Gasteiger partial charge in [0.1, 0.15) is 11.8 Å². The molecule has 4 rings (SSSR count). The zero-order valence-electron chi connectivity index (χ0n) is 20.0. The first kappa shape index (κ1) is 22.9. The van der Waals surface area contributed by atoms with Crippen LogP contribution in [-0.2, 0) is 11.2 Å². The van der Waals surface area contributed by atoms with Crippen molar-refractivity contribution in [1.82, 2.24) is 19.9 Å². The van der Waals surface area contributed by atoms with Gasteiger partial charge in [-0.2, -0.15) is 0 Å². The summed E-state index contributed by atoms with van der Waals surface area (Å²) in [6, 6.07) is 14.4. The van der Waals surface area contributed by atoms with Gasteiger partial charge in [-0.1, -0.05) is 24.3 Å². The van der Waals surface area contributed by atoms with E-state index in [0.29, 0.717) is 31.3 Å². The van der Waals surface area contributed by atoms with Crippen LogP contribution >= 0.6 is 0 Å². The van der Waals surface area contributed by atoms with Crippen molar-refractivity contribution in [2.24, 2.45) is 0 Å². The summed E-state index contributed by atoms with van der Waals surface area (Å²) in [6.07, 6.45) is 0.570. The zero-order chi connectivity index (χ0) is 23.5. The molecule has 0 spiro atoms. The summed E-state index contributed by atoms with van der Waals surface area (Å²) in [5, 5.41) is 0. The van der Waals surface area contributed by atoms with Crippen LogP contribution in [0.5, 0.6) is 0 Å². The molecular formula is C26H31N5O2. The van der Waals surface area contributed by atoms with Crippen molar-refractivity contribution < 1.29 is 9.53 Å². The van der Waals surface area contributed by atoms with E-state index < -0.39 is 0 Å². The Hall–Kier alpha value is -3.32. The fraction of sp³-hybridized carbons (Fsp3) is 0.385. The van der Waals surface area contributed by atoms with Gasteiger partial charge < -0.3 is 14.5 Å². The smallest absolute Gasteiger partial charge is 0.272 e. The topological polar surface area (TPSA) is 71.5 Å². The minimum Gasteiger partial charge on any atom is -0.368 e. The lowest BCUT2D eigenvalue weighted by molar-refractivity contribution is -0.0250. The highest BCUT2D eigenvalue weighted by atomic mass is 16.5. The Balaban J connectivity index is 1.55. The molecule has 7 nitrogen and oxygen atoms in total. The summed E-state index contributed by atoms with van der Waals surface area (Å²) in [5.41, 5.74) is 6.75. The van der Waals surface area contributed by atoms with Crippen molar-refractivity contribution in [3.63, 3.8) is 0 Å². The van der Waals surface area contributed by atoms with Crippen LogP contribution in [0.15, 0.2) is 42.5 Å². The van der Waals surface area contributed by atoms with Crippen LogP contribution in [0.1, 0.15) is 50.4 Å². The van der Waals surface area contributed by atoms with Crippen molar-refractivity contribution in [2.45, 2.75) is 33.3 Å². The minimum atomic E-state index is -0.269. The Morgan fingerprint density at radius 3 is 2.58 bits per heavy atom. The van der Waals surface area contributed by atoms with Crippen molar-refractivity contribution >= 4 is 11.9 Å². The van der Waals surface area contributed by atoms with E-state index in [1.165, 1.54) is 16.7 Å². The fourth-order valence-corrected chi connectivity index (χ4v) is 4.10. The van der Waals surface area contributed by atoms with Crippen molar-refractivity contribution in [3.05, 3.63) is 81.9 Å². The summed E-state index contributed by atoms with van der Waals surface area (Å²) in [5.74, 6) is 0.425. The van der Waals surface area contributed by atoms with Crippen molar-refractivity contribution in [3.8, 4) is 0 Å². The molecule has 1 aromatic carbocycles. The van der Waals surface area contributed by atoms with E-state index in [4.69, 9.17) is 9.72 Å². The van der Waals surface area contributed by atoms with Gasteiger partial charge in [0.25, 0.3) is 5.91 Å². The molecule has 0 saturated carbocycles. The highest BCUT2D eigenvalue weighted by molar-refractivity contribution is 5.92. The Kier molecular flexibility index (Phi) is 6.70. The number of morpholine rings is 1. The normalized spacial score (nSPS) is 16.0. The predicted molar refractivity (Wildman–Crippen MR) is 129 cm³/mol. The number of amides is 1. The molecule has 0 bridgehead atoms. The first-order valence-corrected chi connectivity index (χ1v) is 11.3.